The Kier molecular flexibility index (Phi) is 5.34. The largest absolute Gasteiger partial charge is 0.507 e. The zero-order valence-electron chi connectivity index (χ0n) is 16.2. The van der Waals surface area contributed by atoms with Crippen molar-refractivity contribution >= 4 is 12.1 Å². The van der Waals surface area contributed by atoms with E-state index >= 15 is 0 Å². The van der Waals surface area contributed by atoms with Crippen LogP contribution in [0.4, 0.5) is 0 Å². The summed E-state index contributed by atoms with van der Waals surface area (Å²) in [6.07, 6.45) is 1.38. The number of nitrogens with one attached hydrogen (secondary N) is 1. The van der Waals surface area contributed by atoms with Crippen LogP contribution in [0.2, 0.25) is 0 Å². The molecule has 2 N–H and O–H groups in total. The van der Waals surface area contributed by atoms with Crippen LogP contribution in [0, 0.1) is 6.92 Å². The molecule has 0 saturated carbocycles. The van der Waals surface area contributed by atoms with E-state index in [9.17, 15) is 9.90 Å². The molecule has 7 nitrogen and oxygen atoms in total. The lowest BCUT2D eigenvalue weighted by Crippen LogP contribution is -2.19. The lowest BCUT2D eigenvalue weighted by atomic mass is 10.1. The molecule has 0 aliphatic rings. The molecule has 4 rings (SSSR count). The maximum absolute atomic E-state index is 12.6. The lowest BCUT2D eigenvalue weighted by Gasteiger charge is -2.05. The van der Waals surface area contributed by atoms with Crippen LogP contribution in [-0.2, 0) is 0 Å². The van der Waals surface area contributed by atoms with Crippen molar-refractivity contribution in [3.63, 3.8) is 0 Å². The number of rotatable bonds is 5. The van der Waals surface area contributed by atoms with Gasteiger partial charge in [0.05, 0.1) is 11.9 Å². The highest BCUT2D eigenvalue weighted by Crippen LogP contribution is 2.21. The molecule has 1 amide bonds. The number of hydrogen-bond donors (Lipinski definition) is 2. The second kappa shape index (κ2) is 8.40. The highest BCUT2D eigenvalue weighted by Gasteiger charge is 2.18. The number of nitrogens with zero attached hydrogens (tertiary/aromatic N) is 4. The molecule has 0 aliphatic carbocycles. The fourth-order valence-electron chi connectivity index (χ4n) is 2.93. The van der Waals surface area contributed by atoms with Gasteiger partial charge in [-0.05, 0) is 30.7 Å². The van der Waals surface area contributed by atoms with Gasteiger partial charge in [0, 0.05) is 11.1 Å². The predicted molar refractivity (Wildman–Crippen MR) is 115 cm³/mol. The van der Waals surface area contributed by atoms with Crippen LogP contribution < -0.4 is 5.43 Å². The number of para-hydroxylation sites is 2. The average molecular weight is 397 g/mol. The van der Waals surface area contributed by atoms with E-state index in [0.29, 0.717) is 11.4 Å². The first-order valence-corrected chi connectivity index (χ1v) is 9.33. The molecular weight excluding hydrogens is 378 g/mol. The number of phenolic OH excluding ortho intramolecular Hbond substituents is 1. The van der Waals surface area contributed by atoms with Crippen molar-refractivity contribution in [2.45, 2.75) is 6.92 Å². The van der Waals surface area contributed by atoms with Crippen molar-refractivity contribution in [3.8, 4) is 22.8 Å². The van der Waals surface area contributed by atoms with Gasteiger partial charge in [-0.3, -0.25) is 4.79 Å². The molecule has 148 valence electrons. The molecule has 0 bridgehead atoms. The first-order valence-electron chi connectivity index (χ1n) is 9.33. The van der Waals surface area contributed by atoms with Crippen molar-refractivity contribution < 1.29 is 9.90 Å². The Morgan fingerprint density at radius 1 is 1.00 bits per heavy atom. The second-order valence-electron chi connectivity index (χ2n) is 6.58. The Morgan fingerprint density at radius 2 is 1.70 bits per heavy atom. The highest BCUT2D eigenvalue weighted by atomic mass is 16.3. The fraction of sp³-hybridized carbons (Fsp3) is 0.0435. The highest BCUT2D eigenvalue weighted by molar-refractivity contribution is 5.92. The van der Waals surface area contributed by atoms with Crippen molar-refractivity contribution in [2.24, 2.45) is 5.10 Å². The Morgan fingerprint density at radius 3 is 2.43 bits per heavy atom. The molecule has 0 aliphatic heterocycles. The summed E-state index contributed by atoms with van der Waals surface area (Å²) in [5, 5.41) is 18.4. The molecule has 7 heteroatoms. The van der Waals surface area contributed by atoms with Crippen LogP contribution in [0.15, 0.2) is 84.0 Å². The molecule has 1 aromatic heterocycles. The third-order valence-electron chi connectivity index (χ3n) is 4.48. The summed E-state index contributed by atoms with van der Waals surface area (Å²) in [5.74, 6) is 0.106. The van der Waals surface area contributed by atoms with E-state index in [2.05, 4.69) is 20.6 Å². The average Bonchev–Trinajstić information content (AvgIpc) is 3.23. The minimum atomic E-state index is -0.551. The Labute approximate surface area is 173 Å². The van der Waals surface area contributed by atoms with Gasteiger partial charge in [-0.1, -0.05) is 60.7 Å². The second-order valence-corrected chi connectivity index (χ2v) is 6.58. The molecule has 0 saturated heterocycles. The first-order chi connectivity index (χ1) is 14.6. The smallest absolute Gasteiger partial charge is 0.311 e. The topological polar surface area (TPSA) is 92.4 Å². The van der Waals surface area contributed by atoms with Crippen LogP contribution in [0.3, 0.4) is 0 Å². The van der Waals surface area contributed by atoms with Crippen molar-refractivity contribution in [2.75, 3.05) is 0 Å². The molecule has 0 atom stereocenters. The van der Waals surface area contributed by atoms with Gasteiger partial charge in [0.2, 0.25) is 5.82 Å². The molecule has 4 aromatic rings. The zero-order valence-corrected chi connectivity index (χ0v) is 16.2. The van der Waals surface area contributed by atoms with Gasteiger partial charge in [-0.2, -0.15) is 5.10 Å². The number of phenols is 1. The molecule has 0 spiro atoms. The van der Waals surface area contributed by atoms with Crippen molar-refractivity contribution in [3.05, 3.63) is 95.8 Å². The van der Waals surface area contributed by atoms with Crippen LogP contribution in [0.25, 0.3) is 17.1 Å². The van der Waals surface area contributed by atoms with Crippen LogP contribution in [0.5, 0.6) is 5.75 Å². The first kappa shape index (κ1) is 19.1. The van der Waals surface area contributed by atoms with Crippen LogP contribution in [-0.4, -0.2) is 32.0 Å². The summed E-state index contributed by atoms with van der Waals surface area (Å²) in [6, 6.07) is 24.3. The number of aromatic nitrogens is 3. The van der Waals surface area contributed by atoms with Crippen molar-refractivity contribution in [1.82, 2.24) is 20.2 Å². The maximum Gasteiger partial charge on any atom is 0.311 e. The van der Waals surface area contributed by atoms with Gasteiger partial charge < -0.3 is 5.11 Å². The fourth-order valence-corrected chi connectivity index (χ4v) is 2.93. The summed E-state index contributed by atoms with van der Waals surface area (Å²) in [6.45, 7) is 1.79. The Hall–Kier alpha value is -4.26. The minimum absolute atomic E-state index is 0.0108. The standard InChI is InChI=1S/C23H19N5O2/c1-16-9-8-12-18(20(16)29)15-24-26-23(30)21-25-22(17-10-4-2-5-11-17)28(27-21)19-13-6-3-7-14-19/h2-15,29H,1H3,(H,26,30)/b24-15+. The third-order valence-corrected chi connectivity index (χ3v) is 4.48. The Balaban J connectivity index is 1.62. The number of benzene rings is 3. The number of aromatic hydroxyl groups is 1. The number of hydrazone groups is 1. The zero-order chi connectivity index (χ0) is 20.9. The predicted octanol–water partition coefficient (Wildman–Crippen LogP) is 3.71. The monoisotopic (exact) mass is 397 g/mol. The summed E-state index contributed by atoms with van der Waals surface area (Å²) in [5.41, 5.74) is 5.27. The van der Waals surface area contributed by atoms with E-state index in [-0.39, 0.29) is 11.6 Å². The third kappa shape index (κ3) is 3.95. The van der Waals surface area contributed by atoms with Gasteiger partial charge in [0.25, 0.3) is 0 Å². The number of carbonyl (C=O) groups excluding carboxylic acids is 1. The van der Waals surface area contributed by atoms with Gasteiger partial charge in [-0.25, -0.2) is 15.1 Å². The number of carbonyl (C=O) groups is 1. The van der Waals surface area contributed by atoms with Gasteiger partial charge in [0.1, 0.15) is 5.75 Å². The van der Waals surface area contributed by atoms with E-state index in [1.54, 1.807) is 29.8 Å². The number of hydrogen-bond acceptors (Lipinski definition) is 5. The SMILES string of the molecule is Cc1cccc(/C=N/NC(=O)c2nc(-c3ccccc3)n(-c3ccccc3)n2)c1O. The molecule has 30 heavy (non-hydrogen) atoms. The molecule has 0 fully saturated rings. The van der Waals surface area contributed by atoms with E-state index in [1.807, 2.05) is 60.7 Å². The molecule has 0 unspecified atom stereocenters. The lowest BCUT2D eigenvalue weighted by molar-refractivity contribution is 0.0945. The summed E-state index contributed by atoms with van der Waals surface area (Å²) >= 11 is 0. The Bertz CT molecular complexity index is 1140. The normalized spacial score (nSPS) is 11.0. The maximum atomic E-state index is 12.6. The van der Waals surface area contributed by atoms with Crippen LogP contribution in [0.1, 0.15) is 21.7 Å². The molecule has 0 radical (unpaired) electrons. The number of amides is 1. The quantitative estimate of drug-likeness (QED) is 0.397. The van der Waals surface area contributed by atoms with Gasteiger partial charge in [-0.15, -0.1) is 5.10 Å². The summed E-state index contributed by atoms with van der Waals surface area (Å²) < 4.78 is 1.63. The van der Waals surface area contributed by atoms with E-state index < -0.39 is 5.91 Å². The summed E-state index contributed by atoms with van der Waals surface area (Å²) in [7, 11) is 0. The van der Waals surface area contributed by atoms with E-state index in [0.717, 1.165) is 16.8 Å². The van der Waals surface area contributed by atoms with Gasteiger partial charge in [0.15, 0.2) is 5.82 Å². The van der Waals surface area contributed by atoms with Gasteiger partial charge >= 0.3 is 5.91 Å². The van der Waals surface area contributed by atoms with Crippen LogP contribution >= 0.6 is 0 Å². The molecule has 1 heterocycles. The van der Waals surface area contributed by atoms with Crippen molar-refractivity contribution in [1.29, 1.82) is 0 Å². The minimum Gasteiger partial charge on any atom is -0.507 e. The number of aryl methyl sites for hydroxylation is 1. The summed E-state index contributed by atoms with van der Waals surface area (Å²) in [4.78, 5) is 17.0. The van der Waals surface area contributed by atoms with E-state index in [4.69, 9.17) is 0 Å². The molecule has 3 aromatic carbocycles. The molecular formula is C23H19N5O2. The van der Waals surface area contributed by atoms with E-state index in [1.165, 1.54) is 6.21 Å².